The second kappa shape index (κ2) is 6.73. The van der Waals surface area contributed by atoms with Gasteiger partial charge in [0, 0.05) is 21.9 Å². The Morgan fingerprint density at radius 3 is 2.32 bits per heavy atom. The Morgan fingerprint density at radius 2 is 1.64 bits per heavy atom. The van der Waals surface area contributed by atoms with Gasteiger partial charge in [0.1, 0.15) is 12.5 Å². The molecule has 0 fully saturated rings. The molecule has 4 heteroatoms. The maximum absolute atomic E-state index is 9.85. The van der Waals surface area contributed by atoms with Crippen molar-refractivity contribution in [1.82, 2.24) is 4.98 Å². The summed E-state index contributed by atoms with van der Waals surface area (Å²) < 4.78 is 0.999. The number of hydrogen-bond donors (Lipinski definition) is 1. The second-order valence-electron chi connectivity index (χ2n) is 4.79. The molecule has 0 aliphatic heterocycles. The third-order valence-corrected chi connectivity index (χ3v) is 3.94. The van der Waals surface area contributed by atoms with E-state index in [4.69, 9.17) is 0 Å². The quantitative estimate of drug-likeness (QED) is 0.695. The van der Waals surface area contributed by atoms with Crippen molar-refractivity contribution in [3.8, 4) is 11.1 Å². The van der Waals surface area contributed by atoms with Gasteiger partial charge in [0.15, 0.2) is 0 Å². The largest absolute Gasteiger partial charge is 0.376 e. The lowest BCUT2D eigenvalue weighted by Crippen LogP contribution is -2.19. The highest BCUT2D eigenvalue weighted by atomic mass is 79.9. The van der Waals surface area contributed by atoms with Gasteiger partial charge in [-0.15, -0.1) is 0 Å². The van der Waals surface area contributed by atoms with Crippen LogP contribution in [0.1, 0.15) is 0 Å². The SMILES string of the molecule is OCN(c1ccc(Br)cc1)c1ncccc1-c1ccccc1. The summed E-state index contributed by atoms with van der Waals surface area (Å²) in [7, 11) is 0. The minimum atomic E-state index is -0.140. The van der Waals surface area contributed by atoms with Gasteiger partial charge in [-0.05, 0) is 42.0 Å². The van der Waals surface area contributed by atoms with E-state index >= 15 is 0 Å². The summed E-state index contributed by atoms with van der Waals surface area (Å²) in [4.78, 5) is 6.27. The molecule has 0 atom stereocenters. The number of anilines is 2. The number of rotatable bonds is 4. The van der Waals surface area contributed by atoms with Gasteiger partial charge in [-0.25, -0.2) is 4.98 Å². The van der Waals surface area contributed by atoms with Gasteiger partial charge in [-0.2, -0.15) is 0 Å². The second-order valence-corrected chi connectivity index (χ2v) is 5.70. The molecule has 0 amide bonds. The molecule has 22 heavy (non-hydrogen) atoms. The first kappa shape index (κ1) is 14.8. The molecule has 3 aromatic rings. The lowest BCUT2D eigenvalue weighted by molar-refractivity contribution is 0.304. The van der Waals surface area contributed by atoms with Crippen molar-refractivity contribution in [3.05, 3.63) is 77.4 Å². The molecule has 0 saturated heterocycles. The first-order chi connectivity index (χ1) is 10.8. The van der Waals surface area contributed by atoms with Gasteiger partial charge >= 0.3 is 0 Å². The van der Waals surface area contributed by atoms with E-state index in [1.54, 1.807) is 11.1 Å². The molecule has 3 rings (SSSR count). The summed E-state index contributed by atoms with van der Waals surface area (Å²) in [6, 6.07) is 21.8. The van der Waals surface area contributed by atoms with Gasteiger partial charge in [-0.3, -0.25) is 0 Å². The van der Waals surface area contributed by atoms with Crippen molar-refractivity contribution < 1.29 is 5.11 Å². The Kier molecular flexibility index (Phi) is 4.51. The molecule has 1 aromatic heterocycles. The van der Waals surface area contributed by atoms with E-state index in [0.717, 1.165) is 27.1 Å². The van der Waals surface area contributed by atoms with E-state index in [-0.39, 0.29) is 6.73 Å². The number of nitrogens with zero attached hydrogens (tertiary/aromatic N) is 2. The molecular weight excluding hydrogens is 340 g/mol. The average Bonchev–Trinajstić information content (AvgIpc) is 2.58. The average molecular weight is 355 g/mol. The lowest BCUT2D eigenvalue weighted by atomic mass is 10.1. The molecule has 0 spiro atoms. The van der Waals surface area contributed by atoms with Gasteiger partial charge in [0.2, 0.25) is 0 Å². The van der Waals surface area contributed by atoms with Crippen LogP contribution in [0.15, 0.2) is 77.4 Å². The Morgan fingerprint density at radius 1 is 0.909 bits per heavy atom. The highest BCUT2D eigenvalue weighted by molar-refractivity contribution is 9.10. The Labute approximate surface area is 138 Å². The van der Waals surface area contributed by atoms with Crippen LogP contribution in [-0.4, -0.2) is 16.8 Å². The van der Waals surface area contributed by atoms with Crippen LogP contribution in [0.2, 0.25) is 0 Å². The highest BCUT2D eigenvalue weighted by Gasteiger charge is 2.14. The summed E-state index contributed by atoms with van der Waals surface area (Å²) in [5.41, 5.74) is 2.95. The van der Waals surface area contributed by atoms with Crippen LogP contribution < -0.4 is 4.90 Å². The van der Waals surface area contributed by atoms with Crippen LogP contribution in [0.25, 0.3) is 11.1 Å². The number of hydrogen-bond acceptors (Lipinski definition) is 3. The van der Waals surface area contributed by atoms with Gasteiger partial charge in [0.25, 0.3) is 0 Å². The number of pyridine rings is 1. The standard InChI is InChI=1S/C18H15BrN2O/c19-15-8-10-16(11-9-15)21(13-22)18-17(7-4-12-20-18)14-5-2-1-3-6-14/h1-12,22H,13H2. The van der Waals surface area contributed by atoms with E-state index < -0.39 is 0 Å². The Hall–Kier alpha value is -2.17. The Balaban J connectivity index is 2.08. The van der Waals surface area contributed by atoms with E-state index in [1.165, 1.54) is 0 Å². The van der Waals surface area contributed by atoms with Crippen LogP contribution in [-0.2, 0) is 0 Å². The third-order valence-electron chi connectivity index (χ3n) is 3.41. The van der Waals surface area contributed by atoms with Crippen molar-refractivity contribution in [1.29, 1.82) is 0 Å². The minimum Gasteiger partial charge on any atom is -0.376 e. The molecular formula is C18H15BrN2O. The van der Waals surface area contributed by atoms with E-state index in [9.17, 15) is 5.11 Å². The number of aliphatic hydroxyl groups is 1. The number of aromatic nitrogens is 1. The summed E-state index contributed by atoms with van der Waals surface area (Å²) in [6.07, 6.45) is 1.74. The summed E-state index contributed by atoms with van der Waals surface area (Å²) in [5.74, 6) is 0.735. The molecule has 0 radical (unpaired) electrons. The van der Waals surface area contributed by atoms with Crippen molar-refractivity contribution in [2.24, 2.45) is 0 Å². The molecule has 1 N–H and O–H groups in total. The van der Waals surface area contributed by atoms with E-state index in [1.807, 2.05) is 66.7 Å². The lowest BCUT2D eigenvalue weighted by Gasteiger charge is -2.23. The van der Waals surface area contributed by atoms with Crippen LogP contribution >= 0.6 is 15.9 Å². The first-order valence-corrected chi connectivity index (χ1v) is 7.73. The molecule has 0 saturated carbocycles. The number of benzene rings is 2. The molecule has 1 heterocycles. The van der Waals surface area contributed by atoms with E-state index in [0.29, 0.717) is 0 Å². The fraction of sp³-hybridized carbons (Fsp3) is 0.0556. The summed E-state index contributed by atoms with van der Waals surface area (Å²) in [5, 5.41) is 9.85. The molecule has 110 valence electrons. The van der Waals surface area contributed by atoms with Crippen molar-refractivity contribution >= 4 is 27.4 Å². The van der Waals surface area contributed by atoms with Crippen LogP contribution in [0, 0.1) is 0 Å². The zero-order valence-electron chi connectivity index (χ0n) is 11.9. The predicted octanol–water partition coefficient (Wildman–Crippen LogP) is 4.60. The zero-order chi connectivity index (χ0) is 15.4. The van der Waals surface area contributed by atoms with Crippen molar-refractivity contribution in [3.63, 3.8) is 0 Å². The summed E-state index contributed by atoms with van der Waals surface area (Å²) >= 11 is 3.43. The maximum Gasteiger partial charge on any atom is 0.142 e. The summed E-state index contributed by atoms with van der Waals surface area (Å²) in [6.45, 7) is -0.140. The fourth-order valence-electron chi connectivity index (χ4n) is 2.35. The number of aliphatic hydroxyl groups excluding tert-OH is 1. The zero-order valence-corrected chi connectivity index (χ0v) is 13.4. The smallest absolute Gasteiger partial charge is 0.142 e. The monoisotopic (exact) mass is 354 g/mol. The first-order valence-electron chi connectivity index (χ1n) is 6.94. The van der Waals surface area contributed by atoms with Gasteiger partial charge in [-0.1, -0.05) is 46.3 Å². The molecule has 3 nitrogen and oxygen atoms in total. The maximum atomic E-state index is 9.85. The van der Waals surface area contributed by atoms with E-state index in [2.05, 4.69) is 20.9 Å². The highest BCUT2D eigenvalue weighted by Crippen LogP contribution is 2.33. The van der Waals surface area contributed by atoms with Crippen LogP contribution in [0.3, 0.4) is 0 Å². The predicted molar refractivity (Wildman–Crippen MR) is 93.0 cm³/mol. The number of halogens is 1. The molecule has 0 unspecified atom stereocenters. The molecule has 0 aliphatic carbocycles. The van der Waals surface area contributed by atoms with Crippen molar-refractivity contribution in [2.45, 2.75) is 0 Å². The third kappa shape index (κ3) is 3.03. The molecule has 0 aliphatic rings. The fourth-order valence-corrected chi connectivity index (χ4v) is 2.61. The topological polar surface area (TPSA) is 36.4 Å². The van der Waals surface area contributed by atoms with Gasteiger partial charge < -0.3 is 10.0 Å². The normalized spacial score (nSPS) is 10.5. The van der Waals surface area contributed by atoms with Crippen LogP contribution in [0.4, 0.5) is 11.5 Å². The molecule has 2 aromatic carbocycles. The van der Waals surface area contributed by atoms with Crippen molar-refractivity contribution in [2.75, 3.05) is 11.6 Å². The minimum absolute atomic E-state index is 0.140. The Bertz CT molecular complexity index is 745. The van der Waals surface area contributed by atoms with Gasteiger partial charge in [0.05, 0.1) is 0 Å². The molecule has 0 bridgehead atoms. The van der Waals surface area contributed by atoms with Crippen LogP contribution in [0.5, 0.6) is 0 Å².